The summed E-state index contributed by atoms with van der Waals surface area (Å²) in [6.45, 7) is 5.53. The summed E-state index contributed by atoms with van der Waals surface area (Å²) >= 11 is 0. The van der Waals surface area contributed by atoms with E-state index in [2.05, 4.69) is 10.2 Å². The van der Waals surface area contributed by atoms with Gasteiger partial charge in [-0.1, -0.05) is 6.42 Å². The van der Waals surface area contributed by atoms with Crippen molar-refractivity contribution in [2.24, 2.45) is 5.92 Å². The third-order valence-corrected chi connectivity index (χ3v) is 5.11. The molecule has 0 spiro atoms. The molecule has 7 nitrogen and oxygen atoms in total. The Balaban J connectivity index is 1.76. The van der Waals surface area contributed by atoms with Gasteiger partial charge in [-0.3, -0.25) is 14.4 Å². The van der Waals surface area contributed by atoms with Gasteiger partial charge < -0.3 is 20.2 Å². The number of piperidine rings is 2. The lowest BCUT2D eigenvalue weighted by molar-refractivity contribution is -0.143. The Labute approximate surface area is 149 Å². The average Bonchev–Trinajstić information content (AvgIpc) is 2.55. The summed E-state index contributed by atoms with van der Waals surface area (Å²) in [4.78, 5) is 39.4. The smallest absolute Gasteiger partial charge is 0.305 e. The number of carboxylic acid groups (broad SMARTS) is 1. The highest BCUT2D eigenvalue weighted by atomic mass is 16.4. The second-order valence-electron chi connectivity index (χ2n) is 7.36. The molecule has 2 amide bonds. The highest BCUT2D eigenvalue weighted by Gasteiger charge is 2.30. The van der Waals surface area contributed by atoms with Crippen molar-refractivity contribution in [3.63, 3.8) is 0 Å². The summed E-state index contributed by atoms with van der Waals surface area (Å²) < 4.78 is 0. The van der Waals surface area contributed by atoms with E-state index in [1.807, 2.05) is 0 Å². The van der Waals surface area contributed by atoms with E-state index < -0.39 is 12.0 Å². The summed E-state index contributed by atoms with van der Waals surface area (Å²) in [5.41, 5.74) is 0. The van der Waals surface area contributed by atoms with Crippen LogP contribution in [0.1, 0.15) is 51.9 Å². The Bertz CT molecular complexity index is 477. The standard InChI is InChI=1S/C18H31N3O4/c1-14(12-17(23)24)19-16(22)13-21-10-5-6-15(18(21)25)7-11-20-8-3-2-4-9-20/h14-15H,2-13H2,1H3,(H,19,22)(H,23,24)/t14-,15-/m1/s1. The molecule has 2 aliphatic heterocycles. The highest BCUT2D eigenvalue weighted by Crippen LogP contribution is 2.22. The predicted molar refractivity (Wildman–Crippen MR) is 94.1 cm³/mol. The van der Waals surface area contributed by atoms with Crippen LogP contribution in [-0.4, -0.2) is 71.5 Å². The van der Waals surface area contributed by atoms with Crippen molar-refractivity contribution in [1.29, 1.82) is 0 Å². The minimum absolute atomic E-state index is 0.0138. The zero-order valence-electron chi connectivity index (χ0n) is 15.2. The topological polar surface area (TPSA) is 89.9 Å². The number of nitrogens with one attached hydrogen (secondary N) is 1. The summed E-state index contributed by atoms with van der Waals surface area (Å²) in [7, 11) is 0. The van der Waals surface area contributed by atoms with Crippen molar-refractivity contribution in [3.8, 4) is 0 Å². The number of aliphatic carboxylic acids is 1. The summed E-state index contributed by atoms with van der Waals surface area (Å²) in [6.07, 6.45) is 6.39. The molecule has 142 valence electrons. The van der Waals surface area contributed by atoms with Gasteiger partial charge in [-0.2, -0.15) is 0 Å². The van der Waals surface area contributed by atoms with Crippen LogP contribution in [0.3, 0.4) is 0 Å². The molecule has 0 unspecified atom stereocenters. The summed E-state index contributed by atoms with van der Waals surface area (Å²) in [5, 5.41) is 11.4. The molecule has 2 rings (SSSR count). The minimum atomic E-state index is -0.945. The van der Waals surface area contributed by atoms with E-state index in [1.165, 1.54) is 19.3 Å². The van der Waals surface area contributed by atoms with Gasteiger partial charge in [0.05, 0.1) is 13.0 Å². The fourth-order valence-corrected chi connectivity index (χ4v) is 3.77. The molecule has 2 aliphatic rings. The number of nitrogens with zero attached hydrogens (tertiary/aromatic N) is 2. The van der Waals surface area contributed by atoms with Gasteiger partial charge in [0.1, 0.15) is 0 Å². The number of amides is 2. The molecule has 0 bridgehead atoms. The number of hydrogen-bond acceptors (Lipinski definition) is 4. The molecule has 25 heavy (non-hydrogen) atoms. The minimum Gasteiger partial charge on any atom is -0.481 e. The van der Waals surface area contributed by atoms with Gasteiger partial charge in [0, 0.05) is 18.5 Å². The first-order chi connectivity index (χ1) is 12.0. The van der Waals surface area contributed by atoms with Crippen molar-refractivity contribution < 1.29 is 19.5 Å². The molecule has 0 saturated carbocycles. The zero-order valence-corrected chi connectivity index (χ0v) is 15.2. The van der Waals surface area contributed by atoms with Gasteiger partial charge in [0.25, 0.3) is 0 Å². The van der Waals surface area contributed by atoms with Crippen molar-refractivity contribution in [3.05, 3.63) is 0 Å². The maximum absolute atomic E-state index is 12.6. The second kappa shape index (κ2) is 9.75. The fraction of sp³-hybridized carbons (Fsp3) is 0.833. The molecule has 0 aromatic heterocycles. The molecule has 0 aliphatic carbocycles. The lowest BCUT2D eigenvalue weighted by Crippen LogP contribution is -2.48. The van der Waals surface area contributed by atoms with Gasteiger partial charge in [0.2, 0.25) is 11.8 Å². The normalized spacial score (nSPS) is 23.3. The van der Waals surface area contributed by atoms with Crippen molar-refractivity contribution >= 4 is 17.8 Å². The molecule has 2 N–H and O–H groups in total. The van der Waals surface area contributed by atoms with E-state index in [9.17, 15) is 14.4 Å². The van der Waals surface area contributed by atoms with Crippen LogP contribution in [0.15, 0.2) is 0 Å². The molecule has 2 fully saturated rings. The molecule has 0 aromatic carbocycles. The third kappa shape index (κ3) is 6.65. The first-order valence-corrected chi connectivity index (χ1v) is 9.48. The molecule has 2 saturated heterocycles. The molecular weight excluding hydrogens is 322 g/mol. The van der Waals surface area contributed by atoms with Crippen LogP contribution in [0.5, 0.6) is 0 Å². The van der Waals surface area contributed by atoms with Gasteiger partial charge in [-0.05, 0) is 58.7 Å². The van der Waals surface area contributed by atoms with Crippen LogP contribution >= 0.6 is 0 Å². The molecule has 2 atom stereocenters. The maximum Gasteiger partial charge on any atom is 0.305 e. The van der Waals surface area contributed by atoms with Gasteiger partial charge in [0.15, 0.2) is 0 Å². The number of hydrogen-bond donors (Lipinski definition) is 2. The van der Waals surface area contributed by atoms with Crippen molar-refractivity contribution in [2.75, 3.05) is 32.7 Å². The molecule has 0 radical (unpaired) electrons. The van der Waals surface area contributed by atoms with Crippen molar-refractivity contribution in [2.45, 2.75) is 57.9 Å². The number of carboxylic acids is 1. The molecule has 0 aromatic rings. The van der Waals surface area contributed by atoms with E-state index in [4.69, 9.17) is 5.11 Å². The highest BCUT2D eigenvalue weighted by molar-refractivity contribution is 5.86. The molecule has 2 heterocycles. The quantitative estimate of drug-likeness (QED) is 0.681. The lowest BCUT2D eigenvalue weighted by Gasteiger charge is -2.34. The summed E-state index contributed by atoms with van der Waals surface area (Å²) in [6, 6.07) is -0.431. The lowest BCUT2D eigenvalue weighted by atomic mass is 9.93. The Hall–Kier alpha value is -1.63. The van der Waals surface area contributed by atoms with E-state index in [0.29, 0.717) is 6.54 Å². The van der Waals surface area contributed by atoms with Gasteiger partial charge >= 0.3 is 5.97 Å². The van der Waals surface area contributed by atoms with Crippen molar-refractivity contribution in [1.82, 2.24) is 15.1 Å². The molecule has 7 heteroatoms. The predicted octanol–water partition coefficient (Wildman–Crippen LogP) is 1.08. The fourth-order valence-electron chi connectivity index (χ4n) is 3.77. The Morgan fingerprint density at radius 1 is 1.20 bits per heavy atom. The average molecular weight is 353 g/mol. The number of carbonyl (C=O) groups is 3. The van der Waals surface area contributed by atoms with Crippen LogP contribution in [0.25, 0.3) is 0 Å². The zero-order chi connectivity index (χ0) is 18.2. The van der Waals surface area contributed by atoms with Crippen LogP contribution in [0.4, 0.5) is 0 Å². The summed E-state index contributed by atoms with van der Waals surface area (Å²) in [5.74, 6) is -1.14. The van der Waals surface area contributed by atoms with Crippen LogP contribution < -0.4 is 5.32 Å². The Morgan fingerprint density at radius 3 is 2.60 bits per heavy atom. The van der Waals surface area contributed by atoms with Crippen LogP contribution in [-0.2, 0) is 14.4 Å². The first kappa shape index (κ1) is 19.7. The number of rotatable bonds is 8. The van der Waals surface area contributed by atoms with Crippen LogP contribution in [0, 0.1) is 5.92 Å². The Kier molecular flexibility index (Phi) is 7.68. The van der Waals surface area contributed by atoms with E-state index in [0.717, 1.165) is 38.9 Å². The molecular formula is C18H31N3O4. The van der Waals surface area contributed by atoms with Gasteiger partial charge in [-0.25, -0.2) is 0 Å². The number of carbonyl (C=O) groups excluding carboxylic acids is 2. The van der Waals surface area contributed by atoms with Gasteiger partial charge in [-0.15, -0.1) is 0 Å². The Morgan fingerprint density at radius 2 is 1.92 bits per heavy atom. The maximum atomic E-state index is 12.6. The number of likely N-dealkylation sites (tertiary alicyclic amines) is 2. The SMILES string of the molecule is C[C@H](CC(=O)O)NC(=O)CN1CCC[C@H](CCN2CCCCC2)C1=O. The monoisotopic (exact) mass is 353 g/mol. The third-order valence-electron chi connectivity index (χ3n) is 5.11. The second-order valence-corrected chi connectivity index (χ2v) is 7.36. The largest absolute Gasteiger partial charge is 0.481 e. The van der Waals surface area contributed by atoms with E-state index in [1.54, 1.807) is 11.8 Å². The van der Waals surface area contributed by atoms with E-state index in [-0.39, 0.29) is 30.7 Å². The van der Waals surface area contributed by atoms with E-state index >= 15 is 0 Å². The van der Waals surface area contributed by atoms with Crippen LogP contribution in [0.2, 0.25) is 0 Å². The first-order valence-electron chi connectivity index (χ1n) is 9.48.